The number of hydrogen-bond donors (Lipinski definition) is 1. The van der Waals surface area contributed by atoms with Crippen LogP contribution >= 0.6 is 11.3 Å². The summed E-state index contributed by atoms with van der Waals surface area (Å²) in [4.78, 5) is 22.7. The van der Waals surface area contributed by atoms with E-state index >= 15 is 0 Å². The van der Waals surface area contributed by atoms with Crippen molar-refractivity contribution in [2.24, 2.45) is 0 Å². The Labute approximate surface area is 148 Å². The standard InChI is InChI=1S/C16H17N7OS/c1-11-19-13(10-25-11)16(24)22-5-6-23-14(20-21-15(23)9-22)8-18-12-3-2-4-17-7-12/h2-4,7,10,18H,5-6,8-9H2,1H3. The average Bonchev–Trinajstić information content (AvgIpc) is 3.26. The summed E-state index contributed by atoms with van der Waals surface area (Å²) in [5.74, 6) is 1.61. The minimum Gasteiger partial charge on any atom is -0.376 e. The van der Waals surface area contributed by atoms with Crippen LogP contribution in [-0.4, -0.2) is 42.1 Å². The predicted molar refractivity (Wildman–Crippen MR) is 93.2 cm³/mol. The SMILES string of the molecule is Cc1nc(C(=O)N2CCn3c(CNc4cccnc4)nnc3C2)cs1. The zero-order valence-electron chi connectivity index (χ0n) is 13.7. The highest BCUT2D eigenvalue weighted by molar-refractivity contribution is 7.09. The van der Waals surface area contributed by atoms with Crippen LogP contribution in [0.2, 0.25) is 0 Å². The third kappa shape index (κ3) is 3.22. The van der Waals surface area contributed by atoms with E-state index in [1.807, 2.05) is 19.1 Å². The topological polar surface area (TPSA) is 88.8 Å². The zero-order valence-corrected chi connectivity index (χ0v) is 14.5. The number of aromatic nitrogens is 5. The van der Waals surface area contributed by atoms with E-state index in [4.69, 9.17) is 0 Å². The fourth-order valence-corrected chi connectivity index (χ4v) is 3.38. The second-order valence-electron chi connectivity index (χ2n) is 5.76. The molecule has 1 aliphatic heterocycles. The van der Waals surface area contributed by atoms with Crippen LogP contribution in [0.5, 0.6) is 0 Å². The Morgan fingerprint density at radius 1 is 1.36 bits per heavy atom. The molecule has 0 saturated heterocycles. The number of pyridine rings is 1. The number of anilines is 1. The van der Waals surface area contributed by atoms with Crippen molar-refractivity contribution in [2.75, 3.05) is 11.9 Å². The average molecular weight is 355 g/mol. The van der Waals surface area contributed by atoms with Crippen LogP contribution in [0.25, 0.3) is 0 Å². The number of nitrogens with one attached hydrogen (secondary N) is 1. The summed E-state index contributed by atoms with van der Waals surface area (Å²) in [5, 5.41) is 14.5. The summed E-state index contributed by atoms with van der Waals surface area (Å²) in [5.41, 5.74) is 1.44. The Kier molecular flexibility index (Phi) is 4.14. The van der Waals surface area contributed by atoms with Gasteiger partial charge in [0.2, 0.25) is 0 Å². The predicted octanol–water partition coefficient (Wildman–Crippen LogP) is 1.71. The second-order valence-corrected chi connectivity index (χ2v) is 6.82. The van der Waals surface area contributed by atoms with E-state index in [0.29, 0.717) is 31.9 Å². The van der Waals surface area contributed by atoms with Crippen molar-refractivity contribution < 1.29 is 4.79 Å². The van der Waals surface area contributed by atoms with E-state index in [-0.39, 0.29) is 5.91 Å². The first kappa shape index (κ1) is 15.7. The fourth-order valence-electron chi connectivity index (χ4n) is 2.79. The quantitative estimate of drug-likeness (QED) is 0.766. The summed E-state index contributed by atoms with van der Waals surface area (Å²) in [6, 6.07) is 3.84. The number of fused-ring (bicyclic) bond motifs is 1. The molecule has 0 spiro atoms. The summed E-state index contributed by atoms with van der Waals surface area (Å²) in [6.07, 6.45) is 3.50. The van der Waals surface area contributed by atoms with Crippen LogP contribution < -0.4 is 5.32 Å². The first-order valence-electron chi connectivity index (χ1n) is 7.97. The summed E-state index contributed by atoms with van der Waals surface area (Å²) >= 11 is 1.49. The summed E-state index contributed by atoms with van der Waals surface area (Å²) in [6.45, 7) is 4.23. The van der Waals surface area contributed by atoms with Crippen LogP contribution in [0, 0.1) is 6.92 Å². The van der Waals surface area contributed by atoms with E-state index in [2.05, 4.69) is 30.0 Å². The highest BCUT2D eigenvalue weighted by atomic mass is 32.1. The molecule has 0 bridgehead atoms. The van der Waals surface area contributed by atoms with Gasteiger partial charge in [0.25, 0.3) is 5.91 Å². The maximum Gasteiger partial charge on any atom is 0.273 e. The number of nitrogens with zero attached hydrogens (tertiary/aromatic N) is 6. The highest BCUT2D eigenvalue weighted by Gasteiger charge is 2.26. The molecule has 1 N–H and O–H groups in total. The van der Waals surface area contributed by atoms with Gasteiger partial charge in [-0.25, -0.2) is 4.98 Å². The molecule has 1 aliphatic rings. The van der Waals surface area contributed by atoms with Crippen molar-refractivity contribution in [3.05, 3.63) is 52.3 Å². The minimum absolute atomic E-state index is 0.0476. The van der Waals surface area contributed by atoms with Crippen LogP contribution in [-0.2, 0) is 19.6 Å². The molecule has 1 amide bonds. The third-order valence-corrected chi connectivity index (χ3v) is 4.84. The molecule has 3 aromatic rings. The Bertz CT molecular complexity index is 889. The molecule has 0 saturated carbocycles. The van der Waals surface area contributed by atoms with Crippen LogP contribution in [0.3, 0.4) is 0 Å². The molecule has 0 atom stereocenters. The molecule has 25 heavy (non-hydrogen) atoms. The van der Waals surface area contributed by atoms with Crippen molar-refractivity contribution in [1.29, 1.82) is 0 Å². The van der Waals surface area contributed by atoms with Gasteiger partial charge in [-0.1, -0.05) is 0 Å². The molecule has 0 aliphatic carbocycles. The van der Waals surface area contributed by atoms with Gasteiger partial charge in [0.05, 0.1) is 23.8 Å². The van der Waals surface area contributed by atoms with Gasteiger partial charge >= 0.3 is 0 Å². The van der Waals surface area contributed by atoms with E-state index in [9.17, 15) is 4.79 Å². The first-order chi connectivity index (χ1) is 12.2. The van der Waals surface area contributed by atoms with Gasteiger partial charge < -0.3 is 14.8 Å². The number of carbonyl (C=O) groups is 1. The molecule has 3 aromatic heterocycles. The molecular formula is C16H17N7OS. The van der Waals surface area contributed by atoms with E-state index in [1.54, 1.807) is 22.7 Å². The molecule has 0 aromatic carbocycles. The molecule has 128 valence electrons. The Hall–Kier alpha value is -2.81. The van der Waals surface area contributed by atoms with Gasteiger partial charge in [-0.3, -0.25) is 9.78 Å². The smallest absolute Gasteiger partial charge is 0.273 e. The maximum atomic E-state index is 12.5. The van der Waals surface area contributed by atoms with E-state index in [0.717, 1.165) is 22.3 Å². The zero-order chi connectivity index (χ0) is 17.2. The number of thiazole rings is 1. The Morgan fingerprint density at radius 3 is 3.04 bits per heavy atom. The maximum absolute atomic E-state index is 12.5. The first-order valence-corrected chi connectivity index (χ1v) is 8.85. The van der Waals surface area contributed by atoms with Crippen molar-refractivity contribution >= 4 is 22.9 Å². The van der Waals surface area contributed by atoms with Crippen molar-refractivity contribution in [3.63, 3.8) is 0 Å². The lowest BCUT2D eigenvalue weighted by Gasteiger charge is -2.27. The molecule has 9 heteroatoms. The minimum atomic E-state index is -0.0476. The molecule has 4 heterocycles. The number of amides is 1. The van der Waals surface area contributed by atoms with Crippen LogP contribution in [0.1, 0.15) is 27.1 Å². The number of hydrogen-bond acceptors (Lipinski definition) is 7. The molecule has 0 fully saturated rings. The molecule has 4 rings (SSSR count). The Morgan fingerprint density at radius 2 is 2.28 bits per heavy atom. The third-order valence-electron chi connectivity index (χ3n) is 4.07. The highest BCUT2D eigenvalue weighted by Crippen LogP contribution is 2.17. The summed E-state index contributed by atoms with van der Waals surface area (Å²) < 4.78 is 2.07. The van der Waals surface area contributed by atoms with E-state index < -0.39 is 0 Å². The van der Waals surface area contributed by atoms with Gasteiger partial charge in [0.1, 0.15) is 5.69 Å². The van der Waals surface area contributed by atoms with Crippen LogP contribution in [0.15, 0.2) is 29.9 Å². The van der Waals surface area contributed by atoms with Gasteiger partial charge in [-0.15, -0.1) is 21.5 Å². The molecule has 0 unspecified atom stereocenters. The van der Waals surface area contributed by atoms with E-state index in [1.165, 1.54) is 11.3 Å². The number of aryl methyl sites for hydroxylation is 1. The van der Waals surface area contributed by atoms with Gasteiger partial charge in [-0.05, 0) is 19.1 Å². The monoisotopic (exact) mass is 355 g/mol. The molecule has 0 radical (unpaired) electrons. The van der Waals surface area contributed by atoms with Crippen molar-refractivity contribution in [3.8, 4) is 0 Å². The fraction of sp³-hybridized carbons (Fsp3) is 0.312. The lowest BCUT2D eigenvalue weighted by atomic mass is 10.3. The molecule has 8 nitrogen and oxygen atoms in total. The van der Waals surface area contributed by atoms with Crippen molar-refractivity contribution in [1.82, 2.24) is 29.6 Å². The van der Waals surface area contributed by atoms with Gasteiger partial charge in [0, 0.05) is 30.9 Å². The summed E-state index contributed by atoms with van der Waals surface area (Å²) in [7, 11) is 0. The lowest BCUT2D eigenvalue weighted by molar-refractivity contribution is 0.0701. The largest absolute Gasteiger partial charge is 0.376 e. The van der Waals surface area contributed by atoms with Crippen LogP contribution in [0.4, 0.5) is 5.69 Å². The van der Waals surface area contributed by atoms with Crippen molar-refractivity contribution in [2.45, 2.75) is 26.6 Å². The number of carbonyl (C=O) groups excluding carboxylic acids is 1. The Balaban J connectivity index is 1.44. The van der Waals surface area contributed by atoms with Gasteiger partial charge in [0.15, 0.2) is 11.6 Å². The molecular weight excluding hydrogens is 338 g/mol. The second kappa shape index (κ2) is 6.60. The normalized spacial score (nSPS) is 13.6. The van der Waals surface area contributed by atoms with Gasteiger partial charge in [-0.2, -0.15) is 0 Å². The lowest BCUT2D eigenvalue weighted by Crippen LogP contribution is -2.39. The number of rotatable bonds is 4.